The van der Waals surface area contributed by atoms with Crippen molar-refractivity contribution in [1.82, 2.24) is 10.3 Å². The lowest BCUT2D eigenvalue weighted by Gasteiger charge is -2.17. The molecular weight excluding hydrogens is 320 g/mol. The highest BCUT2D eigenvalue weighted by Crippen LogP contribution is 2.18. The van der Waals surface area contributed by atoms with Gasteiger partial charge in [0.25, 0.3) is 0 Å². The molecule has 0 spiro atoms. The minimum Gasteiger partial charge on any atom is -0.394 e. The summed E-state index contributed by atoms with van der Waals surface area (Å²) in [6, 6.07) is 10.8. The van der Waals surface area contributed by atoms with Crippen LogP contribution in [0, 0.1) is 0 Å². The van der Waals surface area contributed by atoms with Gasteiger partial charge in [-0.15, -0.1) is 0 Å². The van der Waals surface area contributed by atoms with Crippen LogP contribution in [0.2, 0.25) is 0 Å². The van der Waals surface area contributed by atoms with Gasteiger partial charge in [0, 0.05) is 16.9 Å². The Bertz CT molecular complexity index is 575. The average molecular weight is 335 g/mol. The van der Waals surface area contributed by atoms with Gasteiger partial charge in [-0.1, -0.05) is 34.1 Å². The van der Waals surface area contributed by atoms with E-state index in [-0.39, 0.29) is 18.9 Å². The van der Waals surface area contributed by atoms with Crippen molar-refractivity contribution in [2.24, 2.45) is 0 Å². The maximum absolute atomic E-state index is 12.0. The van der Waals surface area contributed by atoms with Gasteiger partial charge in [-0.25, -0.2) is 0 Å². The second kappa shape index (κ2) is 7.17. The molecule has 0 saturated carbocycles. The van der Waals surface area contributed by atoms with Crippen LogP contribution in [0.5, 0.6) is 0 Å². The number of benzene rings is 1. The number of carbonyl (C=O) groups is 1. The standard InChI is InChI=1S/C15H15BrN2O2/c16-13-5-1-4-12(8-13)14(10-19)18-15(20)7-11-3-2-6-17-9-11/h1-6,8-9,14,19H,7,10H2,(H,18,20). The van der Waals surface area contributed by atoms with Gasteiger partial charge in [0.15, 0.2) is 0 Å². The number of aliphatic hydroxyl groups excluding tert-OH is 1. The van der Waals surface area contributed by atoms with E-state index in [0.717, 1.165) is 15.6 Å². The van der Waals surface area contributed by atoms with Crippen molar-refractivity contribution in [3.05, 3.63) is 64.4 Å². The highest BCUT2D eigenvalue weighted by atomic mass is 79.9. The number of halogens is 1. The maximum atomic E-state index is 12.0. The van der Waals surface area contributed by atoms with Gasteiger partial charge < -0.3 is 10.4 Å². The number of aromatic nitrogens is 1. The number of amides is 1. The van der Waals surface area contributed by atoms with Gasteiger partial charge in [-0.2, -0.15) is 0 Å². The van der Waals surface area contributed by atoms with Crippen LogP contribution >= 0.6 is 15.9 Å². The molecule has 4 nitrogen and oxygen atoms in total. The Labute approximate surface area is 126 Å². The lowest BCUT2D eigenvalue weighted by atomic mass is 10.1. The molecule has 1 unspecified atom stereocenters. The van der Waals surface area contributed by atoms with Crippen LogP contribution in [0.15, 0.2) is 53.3 Å². The van der Waals surface area contributed by atoms with E-state index in [1.807, 2.05) is 30.3 Å². The summed E-state index contributed by atoms with van der Waals surface area (Å²) in [5.74, 6) is -0.142. The number of pyridine rings is 1. The Hall–Kier alpha value is -1.72. The number of nitrogens with zero attached hydrogens (tertiary/aromatic N) is 1. The molecule has 1 amide bonds. The van der Waals surface area contributed by atoms with Crippen molar-refractivity contribution in [2.75, 3.05) is 6.61 Å². The van der Waals surface area contributed by atoms with E-state index in [9.17, 15) is 9.90 Å². The summed E-state index contributed by atoms with van der Waals surface area (Å²) in [6.07, 6.45) is 3.57. The summed E-state index contributed by atoms with van der Waals surface area (Å²) in [5.41, 5.74) is 1.71. The minimum atomic E-state index is -0.406. The Balaban J connectivity index is 2.01. The van der Waals surface area contributed by atoms with Crippen molar-refractivity contribution in [2.45, 2.75) is 12.5 Å². The number of carbonyl (C=O) groups excluding carboxylic acids is 1. The summed E-state index contributed by atoms with van der Waals surface area (Å²) < 4.78 is 0.912. The van der Waals surface area contributed by atoms with Crippen LogP contribution in [-0.2, 0) is 11.2 Å². The van der Waals surface area contributed by atoms with Crippen molar-refractivity contribution in [1.29, 1.82) is 0 Å². The lowest BCUT2D eigenvalue weighted by molar-refractivity contribution is -0.121. The molecule has 0 saturated heterocycles. The number of nitrogens with one attached hydrogen (secondary N) is 1. The van der Waals surface area contributed by atoms with Gasteiger partial charge in [0.05, 0.1) is 19.1 Å². The van der Waals surface area contributed by atoms with Crippen molar-refractivity contribution < 1.29 is 9.90 Å². The van der Waals surface area contributed by atoms with Crippen LogP contribution in [-0.4, -0.2) is 22.6 Å². The zero-order valence-electron chi connectivity index (χ0n) is 10.8. The van der Waals surface area contributed by atoms with Crippen molar-refractivity contribution in [3.63, 3.8) is 0 Å². The molecule has 0 aliphatic rings. The molecule has 2 N–H and O–H groups in total. The van der Waals surface area contributed by atoms with Gasteiger partial charge in [-0.3, -0.25) is 9.78 Å². The second-order valence-corrected chi connectivity index (χ2v) is 5.31. The maximum Gasteiger partial charge on any atom is 0.225 e. The van der Waals surface area contributed by atoms with E-state index >= 15 is 0 Å². The predicted molar refractivity (Wildman–Crippen MR) is 80.1 cm³/mol. The molecule has 0 radical (unpaired) electrons. The number of hydrogen-bond donors (Lipinski definition) is 2. The van der Waals surface area contributed by atoms with Crippen LogP contribution < -0.4 is 5.32 Å². The zero-order chi connectivity index (χ0) is 14.4. The van der Waals surface area contributed by atoms with Gasteiger partial charge in [-0.05, 0) is 29.3 Å². The molecule has 2 rings (SSSR count). The lowest BCUT2D eigenvalue weighted by Crippen LogP contribution is -2.32. The third-order valence-electron chi connectivity index (χ3n) is 2.86. The number of aliphatic hydroxyl groups is 1. The van der Waals surface area contributed by atoms with E-state index in [0.29, 0.717) is 0 Å². The highest BCUT2D eigenvalue weighted by Gasteiger charge is 2.14. The minimum absolute atomic E-state index is 0.142. The number of rotatable bonds is 5. The fraction of sp³-hybridized carbons (Fsp3) is 0.200. The van der Waals surface area contributed by atoms with Crippen molar-refractivity contribution >= 4 is 21.8 Å². The fourth-order valence-electron chi connectivity index (χ4n) is 1.89. The smallest absolute Gasteiger partial charge is 0.225 e. The third-order valence-corrected chi connectivity index (χ3v) is 3.35. The van der Waals surface area contributed by atoms with E-state index < -0.39 is 6.04 Å². The van der Waals surface area contributed by atoms with Crippen molar-refractivity contribution in [3.8, 4) is 0 Å². The zero-order valence-corrected chi connectivity index (χ0v) is 12.4. The van der Waals surface area contributed by atoms with Gasteiger partial charge in [0.2, 0.25) is 5.91 Å². The van der Waals surface area contributed by atoms with E-state index in [2.05, 4.69) is 26.2 Å². The SMILES string of the molecule is O=C(Cc1cccnc1)NC(CO)c1cccc(Br)c1. The largest absolute Gasteiger partial charge is 0.394 e. The summed E-state index contributed by atoms with van der Waals surface area (Å²) in [4.78, 5) is 15.9. The Morgan fingerprint density at radius 1 is 1.35 bits per heavy atom. The quantitative estimate of drug-likeness (QED) is 0.881. The topological polar surface area (TPSA) is 62.2 Å². The molecule has 0 bridgehead atoms. The van der Waals surface area contributed by atoms with Crippen LogP contribution in [0.25, 0.3) is 0 Å². The third kappa shape index (κ3) is 4.15. The molecule has 2 aromatic rings. The first-order valence-corrected chi connectivity index (χ1v) is 7.03. The van der Waals surface area contributed by atoms with Gasteiger partial charge in [0.1, 0.15) is 0 Å². The molecule has 1 aromatic heterocycles. The molecule has 20 heavy (non-hydrogen) atoms. The second-order valence-electron chi connectivity index (χ2n) is 4.40. The Morgan fingerprint density at radius 2 is 2.20 bits per heavy atom. The van der Waals surface area contributed by atoms with E-state index in [4.69, 9.17) is 0 Å². The normalized spacial score (nSPS) is 11.9. The molecule has 0 aliphatic carbocycles. The first-order valence-electron chi connectivity index (χ1n) is 6.23. The average Bonchev–Trinajstić information content (AvgIpc) is 2.46. The predicted octanol–water partition coefficient (Wildman–Crippen LogP) is 2.24. The summed E-state index contributed by atoms with van der Waals surface area (Å²) in [5, 5.41) is 12.3. The molecule has 5 heteroatoms. The Morgan fingerprint density at radius 3 is 2.85 bits per heavy atom. The van der Waals surface area contributed by atoms with E-state index in [1.54, 1.807) is 18.5 Å². The first-order chi connectivity index (χ1) is 9.69. The fourth-order valence-corrected chi connectivity index (χ4v) is 2.31. The molecular formula is C15H15BrN2O2. The van der Waals surface area contributed by atoms with Crippen LogP contribution in [0.1, 0.15) is 17.2 Å². The first kappa shape index (κ1) is 14.7. The molecule has 1 atom stereocenters. The van der Waals surface area contributed by atoms with Crippen LogP contribution in [0.4, 0.5) is 0 Å². The highest BCUT2D eigenvalue weighted by molar-refractivity contribution is 9.10. The monoisotopic (exact) mass is 334 g/mol. The molecule has 1 heterocycles. The molecule has 0 aliphatic heterocycles. The molecule has 104 valence electrons. The molecule has 0 fully saturated rings. The molecule has 1 aromatic carbocycles. The Kier molecular flexibility index (Phi) is 5.26. The summed E-state index contributed by atoms with van der Waals surface area (Å²) in [7, 11) is 0. The van der Waals surface area contributed by atoms with Gasteiger partial charge >= 0.3 is 0 Å². The summed E-state index contributed by atoms with van der Waals surface area (Å²) in [6.45, 7) is -0.144. The summed E-state index contributed by atoms with van der Waals surface area (Å²) >= 11 is 3.38. The van der Waals surface area contributed by atoms with Crippen LogP contribution in [0.3, 0.4) is 0 Å². The van der Waals surface area contributed by atoms with E-state index in [1.165, 1.54) is 0 Å². The number of hydrogen-bond acceptors (Lipinski definition) is 3.